The van der Waals surface area contributed by atoms with E-state index in [2.05, 4.69) is 10.3 Å². The van der Waals surface area contributed by atoms with Crippen LogP contribution in [0, 0.1) is 6.92 Å². The van der Waals surface area contributed by atoms with Gasteiger partial charge in [0.1, 0.15) is 12.5 Å². The van der Waals surface area contributed by atoms with Gasteiger partial charge < -0.3 is 11.1 Å². The van der Waals surface area contributed by atoms with E-state index in [4.69, 9.17) is 5.73 Å². The summed E-state index contributed by atoms with van der Waals surface area (Å²) in [5.41, 5.74) is 8.30. The second kappa shape index (κ2) is 10.3. The summed E-state index contributed by atoms with van der Waals surface area (Å²) >= 11 is 0. The van der Waals surface area contributed by atoms with Crippen LogP contribution in [0.5, 0.6) is 0 Å². The normalized spacial score (nSPS) is 15.0. The van der Waals surface area contributed by atoms with E-state index in [1.54, 1.807) is 6.20 Å². The Morgan fingerprint density at radius 1 is 1.13 bits per heavy atom. The van der Waals surface area contributed by atoms with Gasteiger partial charge >= 0.3 is 6.03 Å². The Morgan fingerprint density at radius 2 is 1.71 bits per heavy atom. The van der Waals surface area contributed by atoms with E-state index in [9.17, 15) is 14.0 Å². The highest BCUT2D eigenvalue weighted by Gasteiger charge is 2.41. The highest BCUT2D eigenvalue weighted by Crippen LogP contribution is 2.25. The fourth-order valence-corrected chi connectivity index (χ4v) is 3.29. The first kappa shape index (κ1) is 22.0. The van der Waals surface area contributed by atoms with E-state index >= 15 is 0 Å². The smallest absolute Gasteiger partial charge is 0.325 e. The lowest BCUT2D eigenvalue weighted by atomic mass is 9.98. The first-order chi connectivity index (χ1) is 15.0. The van der Waals surface area contributed by atoms with Crippen molar-refractivity contribution < 1.29 is 14.0 Å². The van der Waals surface area contributed by atoms with Gasteiger partial charge in [0, 0.05) is 6.20 Å². The number of anilines is 1. The van der Waals surface area contributed by atoms with Gasteiger partial charge in [-0.1, -0.05) is 60.7 Å². The molecule has 1 unspecified atom stereocenters. The summed E-state index contributed by atoms with van der Waals surface area (Å²) in [6, 6.07) is 21.1. The molecule has 3 N–H and O–H groups in total. The zero-order valence-electron chi connectivity index (χ0n) is 17.2. The number of nitrogens with two attached hydrogens (primary N) is 1. The summed E-state index contributed by atoms with van der Waals surface area (Å²) in [6.45, 7) is 1.28. The van der Waals surface area contributed by atoms with Crippen molar-refractivity contribution in [2.24, 2.45) is 0 Å². The van der Waals surface area contributed by atoms with Crippen LogP contribution in [0.2, 0.25) is 0 Å². The van der Waals surface area contributed by atoms with E-state index in [1.807, 2.05) is 79.7 Å². The van der Waals surface area contributed by atoms with Gasteiger partial charge in [0.05, 0.1) is 18.5 Å². The number of carbonyl (C=O) groups is 2. The predicted octanol–water partition coefficient (Wildman–Crippen LogP) is 4.03. The number of alkyl halides is 1. The van der Waals surface area contributed by atoms with Crippen molar-refractivity contribution in [3.8, 4) is 0 Å². The molecule has 0 bridgehead atoms. The lowest BCUT2D eigenvalue weighted by Gasteiger charge is -2.37. The quantitative estimate of drug-likeness (QED) is 0.624. The van der Waals surface area contributed by atoms with Gasteiger partial charge in [-0.2, -0.15) is 0 Å². The van der Waals surface area contributed by atoms with Crippen molar-refractivity contribution in [1.29, 1.82) is 0 Å². The topological polar surface area (TPSA) is 88.3 Å². The molecule has 1 aliphatic heterocycles. The molecule has 1 atom stereocenters. The Morgan fingerprint density at radius 3 is 2.13 bits per heavy atom. The van der Waals surface area contributed by atoms with Gasteiger partial charge in [-0.05, 0) is 35.7 Å². The lowest BCUT2D eigenvalue weighted by molar-refractivity contribution is -0.141. The number of nitrogens with zero attached hydrogens (tertiary/aromatic N) is 2. The third-order valence-corrected chi connectivity index (χ3v) is 4.91. The molecule has 0 aliphatic carbocycles. The molecular formula is C24H25FN4O2. The van der Waals surface area contributed by atoms with E-state index in [0.29, 0.717) is 5.82 Å². The number of β-lactam (4-membered cyclic amide) rings is 1. The highest BCUT2D eigenvalue weighted by molar-refractivity contribution is 6.00. The van der Waals surface area contributed by atoms with E-state index in [0.717, 1.165) is 21.6 Å². The fourth-order valence-electron chi connectivity index (χ4n) is 3.29. The maximum Gasteiger partial charge on any atom is 0.325 e. The third-order valence-electron chi connectivity index (χ3n) is 4.91. The fraction of sp³-hybridized carbons (Fsp3) is 0.208. The molecule has 160 valence electrons. The van der Waals surface area contributed by atoms with Crippen LogP contribution in [-0.2, 0) is 4.79 Å². The van der Waals surface area contributed by atoms with Crippen molar-refractivity contribution in [1.82, 2.24) is 15.2 Å². The van der Waals surface area contributed by atoms with Gasteiger partial charge in [0.2, 0.25) is 5.91 Å². The van der Waals surface area contributed by atoms with Crippen LogP contribution in [0.3, 0.4) is 0 Å². The zero-order chi connectivity index (χ0) is 22.2. The predicted molar refractivity (Wildman–Crippen MR) is 118 cm³/mol. The van der Waals surface area contributed by atoms with Crippen LogP contribution in [0.1, 0.15) is 29.2 Å². The molecule has 3 aromatic rings. The van der Waals surface area contributed by atoms with Crippen molar-refractivity contribution in [2.45, 2.75) is 25.4 Å². The van der Waals surface area contributed by atoms with Crippen LogP contribution >= 0.6 is 0 Å². The van der Waals surface area contributed by atoms with E-state index in [1.165, 1.54) is 0 Å². The number of rotatable bonds is 4. The second-order valence-corrected chi connectivity index (χ2v) is 7.24. The molecule has 3 amide bonds. The van der Waals surface area contributed by atoms with Gasteiger partial charge in [-0.15, -0.1) is 0 Å². The van der Waals surface area contributed by atoms with Crippen LogP contribution in [0.25, 0.3) is 0 Å². The minimum atomic E-state index is -0.708. The molecule has 2 heterocycles. The Bertz CT molecular complexity index is 958. The molecular weight excluding hydrogens is 395 g/mol. The molecule has 0 spiro atoms. The molecule has 1 fully saturated rings. The first-order valence-electron chi connectivity index (χ1n) is 9.96. The number of carbonyl (C=O) groups excluding carboxylic acids is 2. The number of nitrogens with one attached hydrogen (secondary N) is 1. The van der Waals surface area contributed by atoms with Crippen LogP contribution < -0.4 is 11.1 Å². The molecule has 1 aromatic heterocycles. The molecule has 7 heteroatoms. The number of imide groups is 1. The summed E-state index contributed by atoms with van der Waals surface area (Å²) in [7, 11) is 0. The minimum absolute atomic E-state index is 0.0886. The van der Waals surface area contributed by atoms with Crippen molar-refractivity contribution in [3.05, 3.63) is 95.7 Å². The van der Waals surface area contributed by atoms with Gasteiger partial charge in [0.25, 0.3) is 0 Å². The van der Waals surface area contributed by atoms with Crippen LogP contribution in [-0.4, -0.2) is 34.5 Å². The number of halogens is 1. The number of benzene rings is 2. The number of hydrogen-bond donors (Lipinski definition) is 2. The van der Waals surface area contributed by atoms with Crippen LogP contribution in [0.4, 0.5) is 15.0 Å². The number of amides is 3. The average Bonchev–Trinajstić information content (AvgIpc) is 2.77. The van der Waals surface area contributed by atoms with E-state index in [-0.39, 0.29) is 12.3 Å². The number of pyridine rings is 1. The Hall–Kier alpha value is -3.74. The van der Waals surface area contributed by atoms with Gasteiger partial charge in [-0.25, -0.2) is 14.2 Å². The second-order valence-electron chi connectivity index (χ2n) is 7.24. The SMILES string of the molecule is Cc1ccnc(N)c1.O=C1CC(CF)N1C(=O)NC(c1ccccc1)c1ccccc1. The summed E-state index contributed by atoms with van der Waals surface area (Å²) in [6.07, 6.45) is 1.79. The highest BCUT2D eigenvalue weighted by atomic mass is 19.1. The maximum absolute atomic E-state index is 12.8. The van der Waals surface area contributed by atoms with Crippen molar-refractivity contribution in [3.63, 3.8) is 0 Å². The third kappa shape index (κ3) is 5.66. The number of aryl methyl sites for hydroxylation is 1. The molecule has 0 radical (unpaired) electrons. The number of likely N-dealkylation sites (tertiary alicyclic amines) is 1. The molecule has 31 heavy (non-hydrogen) atoms. The van der Waals surface area contributed by atoms with Crippen molar-refractivity contribution >= 4 is 17.8 Å². The summed E-state index contributed by atoms with van der Waals surface area (Å²) in [5, 5.41) is 2.85. The molecule has 1 saturated heterocycles. The number of nitrogen functional groups attached to an aromatic ring is 1. The molecule has 6 nitrogen and oxygen atoms in total. The number of aromatic nitrogens is 1. The maximum atomic E-state index is 12.8. The Kier molecular flexibility index (Phi) is 7.32. The Balaban J connectivity index is 0.000000287. The molecule has 1 aliphatic rings. The molecule has 4 rings (SSSR count). The van der Waals surface area contributed by atoms with Crippen molar-refractivity contribution in [2.75, 3.05) is 12.4 Å². The summed E-state index contributed by atoms with van der Waals surface area (Å²) < 4.78 is 12.8. The van der Waals surface area contributed by atoms with E-state index < -0.39 is 24.8 Å². The zero-order valence-corrected chi connectivity index (χ0v) is 17.2. The minimum Gasteiger partial charge on any atom is -0.384 e. The van der Waals surface area contributed by atoms with Gasteiger partial charge in [0.15, 0.2) is 0 Å². The van der Waals surface area contributed by atoms with Crippen LogP contribution in [0.15, 0.2) is 79.0 Å². The Labute approximate surface area is 180 Å². The molecule has 2 aromatic carbocycles. The lowest BCUT2D eigenvalue weighted by Crippen LogP contribution is -2.60. The largest absolute Gasteiger partial charge is 0.384 e. The van der Waals surface area contributed by atoms with Gasteiger partial charge in [-0.3, -0.25) is 9.69 Å². The number of hydrogen-bond acceptors (Lipinski definition) is 4. The summed E-state index contributed by atoms with van der Waals surface area (Å²) in [5.74, 6) is 0.245. The summed E-state index contributed by atoms with van der Waals surface area (Å²) in [4.78, 5) is 28.8. The monoisotopic (exact) mass is 420 g/mol. The number of urea groups is 1. The first-order valence-corrected chi connectivity index (χ1v) is 9.96. The average molecular weight is 420 g/mol. The molecule has 0 saturated carbocycles. The standard InChI is InChI=1S/C18H17FN2O2.C6H8N2/c19-12-15-11-16(22)21(15)18(23)20-17(13-7-3-1-4-8-13)14-9-5-2-6-10-14;1-5-2-3-8-6(7)4-5/h1-10,15,17H,11-12H2,(H,20,23);2-4H,1H3,(H2,7,8).